The number of primary amides is 1. The summed E-state index contributed by atoms with van der Waals surface area (Å²) in [6, 6.07) is 6.13. The highest BCUT2D eigenvalue weighted by atomic mass is 79.9. The van der Waals surface area contributed by atoms with E-state index in [4.69, 9.17) is 5.73 Å². The number of benzene rings is 1. The molecule has 3 heteroatoms. The van der Waals surface area contributed by atoms with Crippen LogP contribution in [0.4, 0.5) is 0 Å². The summed E-state index contributed by atoms with van der Waals surface area (Å²) >= 11 is 3.41. The van der Waals surface area contributed by atoms with Crippen molar-refractivity contribution in [3.05, 3.63) is 33.8 Å². The molecular weight excluding hydrogens is 230 g/mol. The second-order valence-electron chi connectivity index (χ2n) is 3.42. The SMILES string of the molecule is NC(=O)[C@@H]1Cc2ccc(Br)cc2C1. The van der Waals surface area contributed by atoms with Crippen LogP contribution in [0.1, 0.15) is 11.1 Å². The van der Waals surface area contributed by atoms with Gasteiger partial charge in [-0.3, -0.25) is 4.79 Å². The molecule has 1 aliphatic rings. The van der Waals surface area contributed by atoms with Crippen molar-refractivity contribution in [1.29, 1.82) is 0 Å². The van der Waals surface area contributed by atoms with E-state index in [1.807, 2.05) is 6.07 Å². The number of rotatable bonds is 1. The van der Waals surface area contributed by atoms with Crippen LogP contribution in [0.25, 0.3) is 0 Å². The Bertz CT molecular complexity index is 362. The van der Waals surface area contributed by atoms with Gasteiger partial charge in [0.15, 0.2) is 0 Å². The molecule has 2 N–H and O–H groups in total. The van der Waals surface area contributed by atoms with Crippen LogP contribution in [-0.2, 0) is 17.6 Å². The molecule has 1 aromatic rings. The Balaban J connectivity index is 2.30. The Hall–Kier alpha value is -0.830. The summed E-state index contributed by atoms with van der Waals surface area (Å²) in [5, 5.41) is 0. The molecule has 0 unspecified atom stereocenters. The van der Waals surface area contributed by atoms with Crippen molar-refractivity contribution < 1.29 is 4.79 Å². The first-order chi connectivity index (χ1) is 6.16. The van der Waals surface area contributed by atoms with Gasteiger partial charge in [0.2, 0.25) is 5.91 Å². The maximum Gasteiger partial charge on any atom is 0.221 e. The first-order valence-corrected chi connectivity index (χ1v) is 5.03. The van der Waals surface area contributed by atoms with Crippen molar-refractivity contribution in [3.63, 3.8) is 0 Å². The van der Waals surface area contributed by atoms with Crippen LogP contribution in [0.5, 0.6) is 0 Å². The van der Waals surface area contributed by atoms with E-state index in [1.165, 1.54) is 11.1 Å². The predicted molar refractivity (Wildman–Crippen MR) is 54.2 cm³/mol. The Morgan fingerprint density at radius 2 is 2.08 bits per heavy atom. The molecule has 13 heavy (non-hydrogen) atoms. The zero-order valence-electron chi connectivity index (χ0n) is 7.09. The van der Waals surface area contributed by atoms with E-state index in [1.54, 1.807) is 0 Å². The van der Waals surface area contributed by atoms with Crippen molar-refractivity contribution in [2.24, 2.45) is 11.7 Å². The normalized spacial score (nSPS) is 19.9. The first-order valence-electron chi connectivity index (χ1n) is 4.23. The quantitative estimate of drug-likeness (QED) is 0.796. The fourth-order valence-electron chi connectivity index (χ4n) is 1.79. The summed E-state index contributed by atoms with van der Waals surface area (Å²) in [5.41, 5.74) is 7.77. The van der Waals surface area contributed by atoms with E-state index in [0.29, 0.717) is 0 Å². The van der Waals surface area contributed by atoms with Gasteiger partial charge in [-0.2, -0.15) is 0 Å². The maximum absolute atomic E-state index is 11.0. The summed E-state index contributed by atoms with van der Waals surface area (Å²) in [6.45, 7) is 0. The number of carbonyl (C=O) groups is 1. The Kier molecular flexibility index (Phi) is 2.12. The molecule has 1 amide bonds. The smallest absolute Gasteiger partial charge is 0.221 e. The van der Waals surface area contributed by atoms with Gasteiger partial charge in [-0.1, -0.05) is 22.0 Å². The van der Waals surface area contributed by atoms with E-state index in [9.17, 15) is 4.79 Å². The monoisotopic (exact) mass is 239 g/mol. The molecule has 0 radical (unpaired) electrons. The summed E-state index contributed by atoms with van der Waals surface area (Å²) in [4.78, 5) is 11.0. The molecule has 0 fully saturated rings. The molecule has 1 atom stereocenters. The van der Waals surface area contributed by atoms with Gasteiger partial charge < -0.3 is 5.73 Å². The van der Waals surface area contributed by atoms with Gasteiger partial charge in [-0.15, -0.1) is 0 Å². The molecule has 0 bridgehead atoms. The largest absolute Gasteiger partial charge is 0.369 e. The average Bonchev–Trinajstić information content (AvgIpc) is 2.46. The van der Waals surface area contributed by atoms with Crippen LogP contribution >= 0.6 is 15.9 Å². The predicted octanol–water partition coefficient (Wildman–Crippen LogP) is 1.65. The van der Waals surface area contributed by atoms with Gasteiger partial charge in [-0.25, -0.2) is 0 Å². The van der Waals surface area contributed by atoms with Crippen LogP contribution in [0.3, 0.4) is 0 Å². The molecule has 2 nitrogen and oxygen atoms in total. The number of hydrogen-bond donors (Lipinski definition) is 1. The topological polar surface area (TPSA) is 43.1 Å². The fourth-order valence-corrected chi connectivity index (χ4v) is 2.20. The summed E-state index contributed by atoms with van der Waals surface area (Å²) in [7, 11) is 0. The lowest BCUT2D eigenvalue weighted by Crippen LogP contribution is -2.23. The van der Waals surface area contributed by atoms with Crippen LogP contribution in [0.15, 0.2) is 22.7 Å². The van der Waals surface area contributed by atoms with Gasteiger partial charge in [-0.05, 0) is 36.1 Å². The highest BCUT2D eigenvalue weighted by molar-refractivity contribution is 9.10. The van der Waals surface area contributed by atoms with E-state index >= 15 is 0 Å². The molecule has 1 aromatic carbocycles. The second-order valence-corrected chi connectivity index (χ2v) is 4.34. The third-order valence-corrected chi connectivity index (χ3v) is 3.00. The van der Waals surface area contributed by atoms with Crippen molar-refractivity contribution in [2.75, 3.05) is 0 Å². The molecule has 2 rings (SSSR count). The summed E-state index contributed by atoms with van der Waals surface area (Å²) < 4.78 is 1.07. The minimum atomic E-state index is -0.188. The molecule has 1 aliphatic carbocycles. The maximum atomic E-state index is 11.0. The van der Waals surface area contributed by atoms with Crippen LogP contribution < -0.4 is 5.73 Å². The fraction of sp³-hybridized carbons (Fsp3) is 0.300. The van der Waals surface area contributed by atoms with Crippen LogP contribution in [0, 0.1) is 5.92 Å². The minimum Gasteiger partial charge on any atom is -0.369 e. The molecule has 68 valence electrons. The Morgan fingerprint density at radius 3 is 2.77 bits per heavy atom. The summed E-state index contributed by atoms with van der Waals surface area (Å²) in [6.07, 6.45) is 1.60. The Labute approximate surface area is 85.3 Å². The molecule has 0 aliphatic heterocycles. The molecule has 0 saturated carbocycles. The van der Waals surface area contributed by atoms with E-state index in [-0.39, 0.29) is 11.8 Å². The zero-order chi connectivity index (χ0) is 9.42. The molecular formula is C10H10BrNO. The average molecular weight is 240 g/mol. The van der Waals surface area contributed by atoms with E-state index in [2.05, 4.69) is 28.1 Å². The first kappa shape index (κ1) is 8.75. The standard InChI is InChI=1S/C10H10BrNO/c11-9-2-1-6-3-8(10(12)13)4-7(6)5-9/h1-2,5,8H,3-4H2,(H2,12,13)/t8-/m1/s1. The van der Waals surface area contributed by atoms with Gasteiger partial charge >= 0.3 is 0 Å². The lowest BCUT2D eigenvalue weighted by atomic mass is 10.1. The number of fused-ring (bicyclic) bond motifs is 1. The molecule has 0 saturated heterocycles. The van der Waals surface area contributed by atoms with E-state index < -0.39 is 0 Å². The van der Waals surface area contributed by atoms with Crippen LogP contribution in [0.2, 0.25) is 0 Å². The van der Waals surface area contributed by atoms with Gasteiger partial charge in [0.05, 0.1) is 0 Å². The number of halogens is 1. The number of hydrogen-bond acceptors (Lipinski definition) is 1. The van der Waals surface area contributed by atoms with Crippen LogP contribution in [-0.4, -0.2) is 5.91 Å². The number of carbonyl (C=O) groups excluding carboxylic acids is 1. The van der Waals surface area contributed by atoms with Gasteiger partial charge in [0.1, 0.15) is 0 Å². The van der Waals surface area contributed by atoms with Crippen molar-refractivity contribution in [1.82, 2.24) is 0 Å². The highest BCUT2D eigenvalue weighted by Crippen LogP contribution is 2.28. The van der Waals surface area contributed by atoms with Crippen molar-refractivity contribution in [3.8, 4) is 0 Å². The Morgan fingerprint density at radius 1 is 1.38 bits per heavy atom. The molecule has 0 aromatic heterocycles. The second kappa shape index (κ2) is 3.14. The molecule has 0 spiro atoms. The third kappa shape index (κ3) is 1.61. The number of amides is 1. The minimum absolute atomic E-state index is 0.00398. The lowest BCUT2D eigenvalue weighted by molar-refractivity contribution is -0.121. The number of nitrogens with two attached hydrogens (primary N) is 1. The van der Waals surface area contributed by atoms with Crippen molar-refractivity contribution >= 4 is 21.8 Å². The van der Waals surface area contributed by atoms with Gasteiger partial charge in [0, 0.05) is 10.4 Å². The summed E-state index contributed by atoms with van der Waals surface area (Å²) in [5.74, 6) is -0.184. The highest BCUT2D eigenvalue weighted by Gasteiger charge is 2.25. The van der Waals surface area contributed by atoms with Gasteiger partial charge in [0.25, 0.3) is 0 Å². The molecule has 0 heterocycles. The third-order valence-electron chi connectivity index (χ3n) is 2.50. The zero-order valence-corrected chi connectivity index (χ0v) is 8.67. The van der Waals surface area contributed by atoms with E-state index in [0.717, 1.165) is 17.3 Å². The van der Waals surface area contributed by atoms with Crippen molar-refractivity contribution in [2.45, 2.75) is 12.8 Å². The lowest BCUT2D eigenvalue weighted by Gasteiger charge is -2.00.